The van der Waals surface area contributed by atoms with Gasteiger partial charge < -0.3 is 0 Å². The molecule has 0 bridgehead atoms. The molecule has 2 rings (SSSR count). The topological polar surface area (TPSA) is 0 Å². The van der Waals surface area contributed by atoms with Crippen molar-refractivity contribution in [3.05, 3.63) is 32.6 Å². The van der Waals surface area contributed by atoms with Gasteiger partial charge in [-0.3, -0.25) is 0 Å². The fourth-order valence-electron chi connectivity index (χ4n) is 1.47. The van der Waals surface area contributed by atoms with Gasteiger partial charge in [-0.05, 0) is 50.8 Å². The van der Waals surface area contributed by atoms with E-state index in [1.54, 1.807) is 11.3 Å². The number of benzene rings is 1. The first-order valence-corrected chi connectivity index (χ1v) is 6.13. The monoisotopic (exact) mass is 274 g/mol. The molecule has 0 aliphatic heterocycles. The van der Waals surface area contributed by atoms with E-state index in [0.29, 0.717) is 0 Å². The molecule has 68 valence electrons. The van der Waals surface area contributed by atoms with Crippen LogP contribution in [0.4, 0.5) is 0 Å². The summed E-state index contributed by atoms with van der Waals surface area (Å²) in [5.41, 5.74) is 1.31. The lowest BCUT2D eigenvalue weighted by Crippen LogP contribution is -1.84. The molecule has 0 N–H and O–H groups in total. The third-order valence-corrected chi connectivity index (χ3v) is 4.40. The van der Waals surface area contributed by atoms with Crippen molar-refractivity contribution in [2.75, 3.05) is 0 Å². The van der Waals surface area contributed by atoms with Crippen molar-refractivity contribution in [3.63, 3.8) is 0 Å². The molecule has 1 heterocycles. The molecule has 3 heteroatoms. The standard InChI is InChI=1S/C10H8BrClS/c1-2-6-7-3-4-13-9(7)5-8(12)10(6)11/h3-5H,2H2,1H3. The van der Waals surface area contributed by atoms with Crippen LogP contribution in [0.3, 0.4) is 0 Å². The SMILES string of the molecule is CCc1c(Br)c(Cl)cc2sccc12. The summed E-state index contributed by atoms with van der Waals surface area (Å²) in [5.74, 6) is 0. The molecule has 1 aromatic heterocycles. The van der Waals surface area contributed by atoms with E-state index >= 15 is 0 Å². The zero-order valence-electron chi connectivity index (χ0n) is 7.10. The minimum absolute atomic E-state index is 0.812. The number of halogens is 2. The van der Waals surface area contributed by atoms with Gasteiger partial charge in [-0.2, -0.15) is 0 Å². The largest absolute Gasteiger partial charge is 0.144 e. The van der Waals surface area contributed by atoms with E-state index in [1.165, 1.54) is 15.6 Å². The molecule has 1 aromatic carbocycles. The number of aryl methyl sites for hydroxylation is 1. The van der Waals surface area contributed by atoms with E-state index in [9.17, 15) is 0 Å². The molecule has 0 radical (unpaired) electrons. The zero-order valence-corrected chi connectivity index (χ0v) is 10.3. The first-order valence-electron chi connectivity index (χ1n) is 4.08. The van der Waals surface area contributed by atoms with Crippen molar-refractivity contribution in [1.29, 1.82) is 0 Å². The number of rotatable bonds is 1. The van der Waals surface area contributed by atoms with E-state index in [4.69, 9.17) is 11.6 Å². The minimum Gasteiger partial charge on any atom is -0.144 e. The summed E-state index contributed by atoms with van der Waals surface area (Å²) >= 11 is 11.3. The maximum atomic E-state index is 6.09. The summed E-state index contributed by atoms with van der Waals surface area (Å²) in [7, 11) is 0. The van der Waals surface area contributed by atoms with Crippen LogP contribution in [-0.4, -0.2) is 0 Å². The molecule has 0 saturated heterocycles. The molecule has 0 aliphatic carbocycles. The molecule has 13 heavy (non-hydrogen) atoms. The predicted octanol–water partition coefficient (Wildman–Crippen LogP) is 4.88. The molecule has 0 amide bonds. The Balaban J connectivity index is 2.87. The molecule has 0 spiro atoms. The fourth-order valence-corrected chi connectivity index (χ4v) is 3.22. The van der Waals surface area contributed by atoms with E-state index in [2.05, 4.69) is 34.3 Å². The van der Waals surface area contributed by atoms with Gasteiger partial charge >= 0.3 is 0 Å². The lowest BCUT2D eigenvalue weighted by Gasteiger charge is -2.05. The Hall–Kier alpha value is -0.0500. The van der Waals surface area contributed by atoms with Crippen molar-refractivity contribution >= 4 is 49.0 Å². The van der Waals surface area contributed by atoms with Crippen LogP contribution in [0.1, 0.15) is 12.5 Å². The molecule has 0 aliphatic rings. The summed E-state index contributed by atoms with van der Waals surface area (Å²) in [6, 6.07) is 4.17. The molecular formula is C10H8BrClS. The van der Waals surface area contributed by atoms with Crippen LogP contribution in [0.2, 0.25) is 5.02 Å². The molecule has 0 atom stereocenters. The minimum atomic E-state index is 0.812. The normalized spacial score (nSPS) is 11.0. The third kappa shape index (κ3) is 1.51. The second-order valence-corrected chi connectivity index (χ2v) is 4.98. The van der Waals surface area contributed by atoms with Gasteiger partial charge in [-0.1, -0.05) is 18.5 Å². The summed E-state index contributed by atoms with van der Waals surface area (Å²) in [6.07, 6.45) is 1.01. The maximum absolute atomic E-state index is 6.09. The number of hydrogen-bond donors (Lipinski definition) is 0. The van der Waals surface area contributed by atoms with Crippen molar-refractivity contribution in [3.8, 4) is 0 Å². The lowest BCUT2D eigenvalue weighted by atomic mass is 10.1. The average molecular weight is 276 g/mol. The Bertz CT molecular complexity index is 447. The average Bonchev–Trinajstić information content (AvgIpc) is 2.54. The molecule has 0 saturated carbocycles. The smallest absolute Gasteiger partial charge is 0.0565 e. The molecule has 0 unspecified atom stereocenters. The van der Waals surface area contributed by atoms with Crippen LogP contribution in [0.15, 0.2) is 22.0 Å². The lowest BCUT2D eigenvalue weighted by molar-refractivity contribution is 1.15. The number of hydrogen-bond acceptors (Lipinski definition) is 1. The second kappa shape index (κ2) is 3.60. The first kappa shape index (κ1) is 9.50. The Kier molecular flexibility index (Phi) is 2.63. The van der Waals surface area contributed by atoms with Gasteiger partial charge in [0.2, 0.25) is 0 Å². The van der Waals surface area contributed by atoms with E-state index in [1.807, 2.05) is 6.07 Å². The summed E-state index contributed by atoms with van der Waals surface area (Å²) in [4.78, 5) is 0. The van der Waals surface area contributed by atoms with E-state index in [0.717, 1.165) is 15.9 Å². The Morgan fingerprint density at radius 3 is 3.00 bits per heavy atom. The van der Waals surface area contributed by atoms with Crippen molar-refractivity contribution in [2.45, 2.75) is 13.3 Å². The highest BCUT2D eigenvalue weighted by molar-refractivity contribution is 9.10. The third-order valence-electron chi connectivity index (χ3n) is 2.11. The molecule has 0 fully saturated rings. The van der Waals surface area contributed by atoms with Gasteiger partial charge in [0.15, 0.2) is 0 Å². The predicted molar refractivity (Wildman–Crippen MR) is 63.9 cm³/mol. The van der Waals surface area contributed by atoms with Crippen LogP contribution in [0.25, 0.3) is 10.1 Å². The highest BCUT2D eigenvalue weighted by Crippen LogP contribution is 2.35. The van der Waals surface area contributed by atoms with Crippen molar-refractivity contribution in [2.24, 2.45) is 0 Å². The van der Waals surface area contributed by atoms with E-state index < -0.39 is 0 Å². The summed E-state index contributed by atoms with van der Waals surface area (Å²) < 4.78 is 2.31. The van der Waals surface area contributed by atoms with E-state index in [-0.39, 0.29) is 0 Å². The van der Waals surface area contributed by atoms with Gasteiger partial charge in [0, 0.05) is 9.17 Å². The van der Waals surface area contributed by atoms with Crippen LogP contribution in [0, 0.1) is 0 Å². The van der Waals surface area contributed by atoms with Crippen LogP contribution in [-0.2, 0) is 6.42 Å². The van der Waals surface area contributed by atoms with Crippen LogP contribution < -0.4 is 0 Å². The van der Waals surface area contributed by atoms with Gasteiger partial charge in [-0.25, -0.2) is 0 Å². The highest BCUT2D eigenvalue weighted by Gasteiger charge is 2.08. The molecular weight excluding hydrogens is 268 g/mol. The van der Waals surface area contributed by atoms with Gasteiger partial charge in [0.1, 0.15) is 0 Å². The number of fused-ring (bicyclic) bond motifs is 1. The fraction of sp³-hybridized carbons (Fsp3) is 0.200. The maximum Gasteiger partial charge on any atom is 0.0565 e. The van der Waals surface area contributed by atoms with Gasteiger partial charge in [0.05, 0.1) is 5.02 Å². The summed E-state index contributed by atoms with van der Waals surface area (Å²) in [5, 5.41) is 4.24. The number of thiophene rings is 1. The zero-order chi connectivity index (χ0) is 9.42. The summed E-state index contributed by atoms with van der Waals surface area (Å²) in [6.45, 7) is 2.15. The van der Waals surface area contributed by atoms with Gasteiger partial charge in [0.25, 0.3) is 0 Å². The quantitative estimate of drug-likeness (QED) is 0.696. The molecule has 2 aromatic rings. The van der Waals surface area contributed by atoms with Crippen molar-refractivity contribution in [1.82, 2.24) is 0 Å². The van der Waals surface area contributed by atoms with Gasteiger partial charge in [-0.15, -0.1) is 11.3 Å². The Labute approximate surface area is 94.7 Å². The first-order chi connectivity index (χ1) is 6.24. The molecule has 0 nitrogen and oxygen atoms in total. The highest BCUT2D eigenvalue weighted by atomic mass is 79.9. The Morgan fingerprint density at radius 1 is 1.54 bits per heavy atom. The van der Waals surface area contributed by atoms with Crippen LogP contribution >= 0.6 is 38.9 Å². The van der Waals surface area contributed by atoms with Crippen molar-refractivity contribution < 1.29 is 0 Å². The van der Waals surface area contributed by atoms with Crippen LogP contribution in [0.5, 0.6) is 0 Å². The Morgan fingerprint density at radius 2 is 2.31 bits per heavy atom. The second-order valence-electron chi connectivity index (χ2n) is 2.84.